The van der Waals surface area contributed by atoms with Crippen LogP contribution in [0.5, 0.6) is 5.75 Å². The molecule has 0 fully saturated rings. The Kier molecular flexibility index (Phi) is 6.54. The van der Waals surface area contributed by atoms with Gasteiger partial charge in [-0.2, -0.15) is 0 Å². The molecule has 27 heavy (non-hydrogen) atoms. The number of hydrogen-bond donors (Lipinski definition) is 1. The first-order chi connectivity index (χ1) is 13.1. The Balaban J connectivity index is 1.63. The lowest BCUT2D eigenvalue weighted by atomic mass is 10.2. The number of phenols is 1. The molecule has 140 valence electrons. The van der Waals surface area contributed by atoms with Gasteiger partial charge in [-0.05, 0) is 42.5 Å². The number of para-hydroxylation sites is 1. The molecule has 0 aliphatic rings. The summed E-state index contributed by atoms with van der Waals surface area (Å²) in [4.78, 5) is 15.3. The minimum absolute atomic E-state index is 0.0377. The molecule has 0 radical (unpaired) electrons. The van der Waals surface area contributed by atoms with E-state index in [1.54, 1.807) is 47.6 Å². The van der Waals surface area contributed by atoms with Gasteiger partial charge in [-0.15, -0.1) is 11.8 Å². The third-order valence-electron chi connectivity index (χ3n) is 4.03. The second-order valence-electron chi connectivity index (χ2n) is 6.01. The Morgan fingerprint density at radius 3 is 2.52 bits per heavy atom. The number of aromatic hydroxyl groups is 1. The molecule has 0 unspecified atom stereocenters. The van der Waals surface area contributed by atoms with Gasteiger partial charge in [-0.1, -0.05) is 18.2 Å². The number of amides is 1. The normalized spacial score (nSPS) is 10.7. The summed E-state index contributed by atoms with van der Waals surface area (Å²) in [5, 5.41) is 10.0. The zero-order valence-electron chi connectivity index (χ0n) is 14.7. The molecular weight excluding hydrogens is 365 g/mol. The van der Waals surface area contributed by atoms with E-state index in [2.05, 4.69) is 0 Å². The Labute approximate surface area is 161 Å². The Morgan fingerprint density at radius 1 is 1.04 bits per heavy atom. The molecule has 4 nitrogen and oxygen atoms in total. The van der Waals surface area contributed by atoms with E-state index in [0.29, 0.717) is 36.6 Å². The van der Waals surface area contributed by atoms with Gasteiger partial charge >= 0.3 is 0 Å². The number of furan rings is 1. The highest BCUT2D eigenvalue weighted by Gasteiger charge is 2.17. The number of rotatable bonds is 8. The fraction of sp³-hybridized carbons (Fsp3) is 0.190. The molecular formula is C21H20FNO3S. The number of hydrogen-bond acceptors (Lipinski definition) is 4. The predicted octanol–water partition coefficient (Wildman–Crippen LogP) is 4.84. The summed E-state index contributed by atoms with van der Waals surface area (Å²) in [6.07, 6.45) is 1.90. The van der Waals surface area contributed by atoms with E-state index >= 15 is 0 Å². The van der Waals surface area contributed by atoms with E-state index in [1.165, 1.54) is 23.9 Å². The zero-order valence-corrected chi connectivity index (χ0v) is 15.5. The van der Waals surface area contributed by atoms with Crippen LogP contribution in [0.2, 0.25) is 0 Å². The summed E-state index contributed by atoms with van der Waals surface area (Å²) in [6.45, 7) is 0.634. The van der Waals surface area contributed by atoms with E-state index in [1.807, 2.05) is 12.1 Å². The number of carbonyl (C=O) groups is 1. The van der Waals surface area contributed by atoms with Crippen LogP contribution in [0, 0.1) is 5.82 Å². The van der Waals surface area contributed by atoms with Gasteiger partial charge in [-0.25, -0.2) is 4.39 Å². The lowest BCUT2D eigenvalue weighted by molar-refractivity contribution is -0.132. The minimum atomic E-state index is -0.275. The molecule has 3 aromatic rings. The molecule has 0 aliphatic heterocycles. The van der Waals surface area contributed by atoms with Gasteiger partial charge < -0.3 is 14.4 Å². The third-order valence-corrected chi connectivity index (χ3v) is 5.04. The molecule has 1 N–H and O–H groups in total. The number of phenolic OH excluding ortho intramolecular Hbond substituents is 1. The molecule has 3 rings (SSSR count). The number of halogens is 1. The van der Waals surface area contributed by atoms with Crippen molar-refractivity contribution in [1.29, 1.82) is 0 Å². The number of thioether (sulfide) groups is 1. The minimum Gasteiger partial charge on any atom is -0.508 e. The Morgan fingerprint density at radius 2 is 1.81 bits per heavy atom. The maximum absolute atomic E-state index is 13.0. The quantitative estimate of drug-likeness (QED) is 0.564. The van der Waals surface area contributed by atoms with Gasteiger partial charge in [0.2, 0.25) is 5.91 Å². The molecule has 1 heterocycles. The van der Waals surface area contributed by atoms with Crippen LogP contribution in [0.15, 0.2) is 76.2 Å². The largest absolute Gasteiger partial charge is 0.508 e. The van der Waals surface area contributed by atoms with E-state index < -0.39 is 0 Å². The highest BCUT2D eigenvalue weighted by molar-refractivity contribution is 7.99. The second kappa shape index (κ2) is 9.28. The molecule has 0 spiro atoms. The van der Waals surface area contributed by atoms with Crippen LogP contribution >= 0.6 is 11.8 Å². The summed E-state index contributed by atoms with van der Waals surface area (Å²) in [6, 6.07) is 16.8. The van der Waals surface area contributed by atoms with Crippen molar-refractivity contribution in [2.75, 3.05) is 5.75 Å². The average Bonchev–Trinajstić information content (AvgIpc) is 3.17. The predicted molar refractivity (Wildman–Crippen MR) is 103 cm³/mol. The Bertz CT molecular complexity index is 865. The summed E-state index contributed by atoms with van der Waals surface area (Å²) >= 11 is 1.51. The summed E-state index contributed by atoms with van der Waals surface area (Å²) < 4.78 is 18.3. The smallest absolute Gasteiger partial charge is 0.224 e. The average molecular weight is 385 g/mol. The van der Waals surface area contributed by atoms with E-state index in [4.69, 9.17) is 4.42 Å². The summed E-state index contributed by atoms with van der Waals surface area (Å²) in [5.41, 5.74) is 0.684. The topological polar surface area (TPSA) is 53.7 Å². The van der Waals surface area contributed by atoms with Crippen molar-refractivity contribution in [1.82, 2.24) is 4.90 Å². The number of nitrogens with zero attached hydrogens (tertiary/aromatic N) is 1. The first-order valence-electron chi connectivity index (χ1n) is 8.57. The van der Waals surface area contributed by atoms with Crippen molar-refractivity contribution >= 4 is 17.7 Å². The maximum atomic E-state index is 13.0. The molecule has 0 saturated carbocycles. The van der Waals surface area contributed by atoms with Crippen molar-refractivity contribution in [3.63, 3.8) is 0 Å². The highest BCUT2D eigenvalue weighted by Crippen LogP contribution is 2.22. The van der Waals surface area contributed by atoms with Crippen molar-refractivity contribution in [3.05, 3.63) is 84.1 Å². The SMILES string of the molecule is O=C(CCSc1ccc(F)cc1)N(Cc1ccco1)Cc1ccccc1O. The van der Waals surface area contributed by atoms with Gasteiger partial charge in [0.05, 0.1) is 12.8 Å². The van der Waals surface area contributed by atoms with Gasteiger partial charge in [-0.3, -0.25) is 4.79 Å². The van der Waals surface area contributed by atoms with Crippen LogP contribution in [-0.4, -0.2) is 21.7 Å². The van der Waals surface area contributed by atoms with Crippen LogP contribution in [-0.2, 0) is 17.9 Å². The summed E-state index contributed by atoms with van der Waals surface area (Å²) in [5.74, 6) is 1.12. The van der Waals surface area contributed by atoms with Crippen molar-refractivity contribution in [2.24, 2.45) is 0 Å². The van der Waals surface area contributed by atoms with E-state index in [9.17, 15) is 14.3 Å². The number of carbonyl (C=O) groups excluding carboxylic acids is 1. The molecule has 2 aromatic carbocycles. The van der Waals surface area contributed by atoms with Gasteiger partial charge in [0.25, 0.3) is 0 Å². The maximum Gasteiger partial charge on any atom is 0.224 e. The van der Waals surface area contributed by atoms with Gasteiger partial charge in [0.1, 0.15) is 17.3 Å². The number of benzene rings is 2. The first-order valence-corrected chi connectivity index (χ1v) is 9.56. The molecule has 6 heteroatoms. The highest BCUT2D eigenvalue weighted by atomic mass is 32.2. The molecule has 0 bridgehead atoms. The van der Waals surface area contributed by atoms with Crippen LogP contribution in [0.25, 0.3) is 0 Å². The van der Waals surface area contributed by atoms with Crippen LogP contribution in [0.1, 0.15) is 17.7 Å². The Hall–Kier alpha value is -2.73. The lowest BCUT2D eigenvalue weighted by Crippen LogP contribution is -2.30. The summed E-state index contributed by atoms with van der Waals surface area (Å²) in [7, 11) is 0. The monoisotopic (exact) mass is 385 g/mol. The van der Waals surface area contributed by atoms with Crippen molar-refractivity contribution < 1.29 is 18.7 Å². The van der Waals surface area contributed by atoms with E-state index in [-0.39, 0.29) is 17.5 Å². The second-order valence-corrected chi connectivity index (χ2v) is 7.18. The standard InChI is InChI=1S/C21H20FNO3S/c22-17-7-9-19(10-8-17)27-13-11-21(25)23(15-18-5-3-12-26-18)14-16-4-1-2-6-20(16)24/h1-10,12,24H,11,13-15H2. The molecule has 0 atom stereocenters. The first kappa shape index (κ1) is 19.0. The fourth-order valence-corrected chi connectivity index (χ4v) is 3.46. The molecule has 1 aromatic heterocycles. The molecule has 1 amide bonds. The zero-order chi connectivity index (χ0) is 19.1. The van der Waals surface area contributed by atoms with Crippen molar-refractivity contribution in [2.45, 2.75) is 24.4 Å². The van der Waals surface area contributed by atoms with Crippen molar-refractivity contribution in [3.8, 4) is 5.75 Å². The molecule has 0 aliphatic carbocycles. The van der Waals surface area contributed by atoms with Gasteiger partial charge in [0.15, 0.2) is 0 Å². The third kappa shape index (κ3) is 5.62. The lowest BCUT2D eigenvalue weighted by Gasteiger charge is -2.22. The van der Waals surface area contributed by atoms with Crippen LogP contribution < -0.4 is 0 Å². The fourth-order valence-electron chi connectivity index (χ4n) is 2.62. The van der Waals surface area contributed by atoms with Gasteiger partial charge in [0, 0.05) is 29.2 Å². The van der Waals surface area contributed by atoms with Crippen LogP contribution in [0.4, 0.5) is 4.39 Å². The molecule has 0 saturated heterocycles. The van der Waals surface area contributed by atoms with Crippen LogP contribution in [0.3, 0.4) is 0 Å². The van der Waals surface area contributed by atoms with E-state index in [0.717, 1.165) is 4.90 Å².